The van der Waals surface area contributed by atoms with Gasteiger partial charge in [0.2, 0.25) is 6.79 Å². The molecule has 1 aliphatic rings. The second-order valence-electron chi connectivity index (χ2n) is 5.86. The van der Waals surface area contributed by atoms with Crippen molar-refractivity contribution in [1.82, 2.24) is 10.6 Å². The van der Waals surface area contributed by atoms with E-state index < -0.39 is 12.1 Å². The van der Waals surface area contributed by atoms with Crippen LogP contribution in [0.1, 0.15) is 24.1 Å². The maximum atomic E-state index is 12.6. The Hall–Kier alpha value is -3.06. The van der Waals surface area contributed by atoms with Gasteiger partial charge in [-0.3, -0.25) is 10.1 Å². The molecule has 0 fully saturated rings. The molecular weight excluding hydrogens is 334 g/mol. The lowest BCUT2D eigenvalue weighted by molar-refractivity contribution is -0.698. The maximum absolute atomic E-state index is 12.6. The Morgan fingerprint density at radius 3 is 2.65 bits per heavy atom. The highest BCUT2D eigenvalue weighted by molar-refractivity contribution is 5.96. The van der Waals surface area contributed by atoms with E-state index in [0.29, 0.717) is 18.8 Å². The highest BCUT2D eigenvalue weighted by Gasteiger charge is 2.26. The molecule has 7 heteroatoms. The number of hydrogen-bond donors (Lipinski definition) is 3. The number of nitrogens with two attached hydrogens (primary N) is 1. The molecule has 4 N–H and O–H groups in total. The molecule has 7 nitrogen and oxygen atoms in total. The Balaban J connectivity index is 1.71. The second-order valence-corrected chi connectivity index (χ2v) is 5.86. The minimum absolute atomic E-state index is 0.226. The van der Waals surface area contributed by atoms with Crippen molar-refractivity contribution in [2.75, 3.05) is 13.3 Å². The largest absolute Gasteiger partial charge is 0.454 e. The molecular formula is C19H22N3O4+. The van der Waals surface area contributed by atoms with Gasteiger partial charge >= 0.3 is 6.03 Å². The summed E-state index contributed by atoms with van der Waals surface area (Å²) >= 11 is 0. The zero-order chi connectivity index (χ0) is 18.4. The van der Waals surface area contributed by atoms with Gasteiger partial charge in [-0.1, -0.05) is 30.3 Å². The lowest BCUT2D eigenvalue weighted by Crippen LogP contribution is -2.86. The summed E-state index contributed by atoms with van der Waals surface area (Å²) in [6.45, 7) is 3.03. The van der Waals surface area contributed by atoms with Crippen LogP contribution < -0.4 is 25.4 Å². The molecule has 0 bridgehead atoms. The zero-order valence-electron chi connectivity index (χ0n) is 14.5. The van der Waals surface area contributed by atoms with E-state index in [2.05, 4.69) is 10.6 Å². The molecule has 0 saturated heterocycles. The first kappa shape index (κ1) is 17.8. The first-order valence-corrected chi connectivity index (χ1v) is 8.53. The molecule has 0 aliphatic carbocycles. The average Bonchev–Trinajstić information content (AvgIpc) is 3.10. The van der Waals surface area contributed by atoms with E-state index in [-0.39, 0.29) is 12.7 Å². The van der Waals surface area contributed by atoms with Crippen molar-refractivity contribution >= 4 is 11.9 Å². The molecule has 136 valence electrons. The van der Waals surface area contributed by atoms with Gasteiger partial charge in [-0.25, -0.2) is 4.79 Å². The van der Waals surface area contributed by atoms with Gasteiger partial charge in [0.15, 0.2) is 17.5 Å². The van der Waals surface area contributed by atoms with Crippen LogP contribution in [0.15, 0.2) is 48.5 Å². The highest BCUT2D eigenvalue weighted by atomic mass is 16.7. The van der Waals surface area contributed by atoms with Crippen molar-refractivity contribution in [1.29, 1.82) is 0 Å². The fourth-order valence-electron chi connectivity index (χ4n) is 2.77. The van der Waals surface area contributed by atoms with Crippen molar-refractivity contribution in [2.24, 2.45) is 0 Å². The number of carbonyl (C=O) groups excluding carboxylic acids is 2. The van der Waals surface area contributed by atoms with E-state index in [9.17, 15) is 9.59 Å². The third kappa shape index (κ3) is 4.31. The normalized spacial score (nSPS) is 13.1. The summed E-state index contributed by atoms with van der Waals surface area (Å²) in [5.41, 5.74) is 1.83. The SMILES string of the molecule is CCNC(=O)NC(=O)[C@H]([NH2+]Cc1ccc2c(c1)OCO2)c1ccccc1. The molecule has 1 aliphatic heterocycles. The van der Waals surface area contributed by atoms with Crippen LogP contribution in [-0.4, -0.2) is 25.3 Å². The molecule has 1 atom stereocenters. The molecule has 1 heterocycles. The van der Waals surface area contributed by atoms with Crippen LogP contribution in [0.5, 0.6) is 11.5 Å². The molecule has 0 unspecified atom stereocenters. The van der Waals surface area contributed by atoms with Crippen LogP contribution in [0, 0.1) is 0 Å². The van der Waals surface area contributed by atoms with Crippen molar-refractivity contribution in [2.45, 2.75) is 19.5 Å². The van der Waals surface area contributed by atoms with Crippen LogP contribution in [0.4, 0.5) is 4.79 Å². The molecule has 2 aromatic carbocycles. The van der Waals surface area contributed by atoms with E-state index in [4.69, 9.17) is 9.47 Å². The molecule has 0 saturated carbocycles. The predicted molar refractivity (Wildman–Crippen MR) is 94.6 cm³/mol. The van der Waals surface area contributed by atoms with E-state index in [1.54, 1.807) is 6.92 Å². The van der Waals surface area contributed by atoms with Crippen molar-refractivity contribution in [3.63, 3.8) is 0 Å². The first-order chi connectivity index (χ1) is 12.7. The van der Waals surface area contributed by atoms with Crippen LogP contribution >= 0.6 is 0 Å². The molecule has 3 amide bonds. The fraction of sp³-hybridized carbons (Fsp3) is 0.263. The molecule has 0 radical (unpaired) electrons. The molecule has 26 heavy (non-hydrogen) atoms. The number of amides is 3. The van der Waals surface area contributed by atoms with Crippen LogP contribution in [0.3, 0.4) is 0 Å². The quantitative estimate of drug-likeness (QED) is 0.722. The second kappa shape index (κ2) is 8.35. The number of nitrogens with one attached hydrogen (secondary N) is 2. The summed E-state index contributed by atoms with van der Waals surface area (Å²) in [4.78, 5) is 24.3. The summed E-state index contributed by atoms with van der Waals surface area (Å²) in [7, 11) is 0. The van der Waals surface area contributed by atoms with Gasteiger partial charge in [0, 0.05) is 17.7 Å². The standard InChI is InChI=1S/C19H21N3O4/c1-2-20-19(24)22-18(23)17(14-6-4-3-5-7-14)21-11-13-8-9-15-16(10-13)26-12-25-15/h3-10,17,21H,2,11-12H2,1H3,(H2,20,22,23,24)/p+1/t17-/m1/s1. The number of imide groups is 1. The van der Waals surface area contributed by atoms with Crippen LogP contribution in [-0.2, 0) is 11.3 Å². The molecule has 2 aromatic rings. The van der Waals surface area contributed by atoms with Gasteiger partial charge in [-0.2, -0.15) is 0 Å². The van der Waals surface area contributed by atoms with E-state index in [1.165, 1.54) is 0 Å². The average molecular weight is 356 g/mol. The predicted octanol–water partition coefficient (Wildman–Crippen LogP) is 1.07. The maximum Gasteiger partial charge on any atom is 0.321 e. The lowest BCUT2D eigenvalue weighted by atomic mass is 10.1. The number of quaternary nitrogens is 1. The summed E-state index contributed by atoms with van der Waals surface area (Å²) in [5.74, 6) is 1.07. The molecule has 0 spiro atoms. The smallest absolute Gasteiger partial charge is 0.321 e. The van der Waals surface area contributed by atoms with Gasteiger partial charge in [0.25, 0.3) is 5.91 Å². The van der Waals surface area contributed by atoms with E-state index in [0.717, 1.165) is 16.9 Å². The Bertz CT molecular complexity index is 780. The third-order valence-electron chi connectivity index (χ3n) is 4.04. The third-order valence-corrected chi connectivity index (χ3v) is 4.04. The number of hydrogen-bond acceptors (Lipinski definition) is 4. The summed E-state index contributed by atoms with van der Waals surface area (Å²) in [5, 5.41) is 6.85. The van der Waals surface area contributed by atoms with Crippen LogP contribution in [0.25, 0.3) is 0 Å². The fourth-order valence-corrected chi connectivity index (χ4v) is 2.77. The van der Waals surface area contributed by atoms with Gasteiger partial charge in [-0.05, 0) is 25.1 Å². The highest BCUT2D eigenvalue weighted by Crippen LogP contribution is 2.32. The lowest BCUT2D eigenvalue weighted by Gasteiger charge is -2.16. The van der Waals surface area contributed by atoms with Crippen molar-refractivity contribution in [3.8, 4) is 11.5 Å². The Kier molecular flexibility index (Phi) is 5.70. The monoisotopic (exact) mass is 356 g/mol. The zero-order valence-corrected chi connectivity index (χ0v) is 14.5. The summed E-state index contributed by atoms with van der Waals surface area (Å²) in [6.07, 6.45) is 0. The van der Waals surface area contributed by atoms with Crippen molar-refractivity contribution < 1.29 is 24.4 Å². The molecule has 0 aromatic heterocycles. The van der Waals surface area contributed by atoms with Crippen LogP contribution in [0.2, 0.25) is 0 Å². The number of carbonyl (C=O) groups is 2. The summed E-state index contributed by atoms with van der Waals surface area (Å²) in [6, 6.07) is 14.1. The Morgan fingerprint density at radius 2 is 1.88 bits per heavy atom. The topological polar surface area (TPSA) is 93.3 Å². The minimum Gasteiger partial charge on any atom is -0.454 e. The number of benzene rings is 2. The van der Waals surface area contributed by atoms with Gasteiger partial charge < -0.3 is 20.1 Å². The number of fused-ring (bicyclic) bond motifs is 1. The van der Waals surface area contributed by atoms with Gasteiger partial charge in [-0.15, -0.1) is 0 Å². The molecule has 3 rings (SSSR count). The minimum atomic E-state index is -0.538. The van der Waals surface area contributed by atoms with E-state index in [1.807, 2.05) is 53.8 Å². The number of ether oxygens (including phenoxy) is 2. The number of rotatable bonds is 6. The Labute approximate surface area is 151 Å². The van der Waals surface area contributed by atoms with Crippen molar-refractivity contribution in [3.05, 3.63) is 59.7 Å². The first-order valence-electron chi connectivity index (χ1n) is 8.53. The van der Waals surface area contributed by atoms with E-state index >= 15 is 0 Å². The van der Waals surface area contributed by atoms with Gasteiger partial charge in [0.05, 0.1) is 0 Å². The van der Waals surface area contributed by atoms with Gasteiger partial charge in [0.1, 0.15) is 6.54 Å². The number of urea groups is 1. The Morgan fingerprint density at radius 1 is 1.12 bits per heavy atom. The summed E-state index contributed by atoms with van der Waals surface area (Å²) < 4.78 is 10.7.